The lowest BCUT2D eigenvalue weighted by Gasteiger charge is -2.32. The SMILES string of the molecule is O=C(Cn1c(=O)oc2ccccc21)N1CCC(Cc2ccccc2)CC1. The first kappa shape index (κ1) is 16.6. The quantitative estimate of drug-likeness (QED) is 0.727. The maximum atomic E-state index is 12.7. The zero-order chi connectivity index (χ0) is 17.9. The molecule has 4 rings (SSSR count). The van der Waals surface area contributed by atoms with E-state index in [1.165, 1.54) is 10.1 Å². The zero-order valence-corrected chi connectivity index (χ0v) is 14.6. The summed E-state index contributed by atoms with van der Waals surface area (Å²) in [4.78, 5) is 26.6. The fourth-order valence-electron chi connectivity index (χ4n) is 3.73. The Bertz CT molecular complexity index is 950. The largest absolute Gasteiger partial charge is 0.420 e. The van der Waals surface area contributed by atoms with Gasteiger partial charge >= 0.3 is 5.76 Å². The van der Waals surface area contributed by atoms with E-state index in [9.17, 15) is 9.59 Å². The van der Waals surface area contributed by atoms with Crippen LogP contribution in [0.4, 0.5) is 0 Å². The van der Waals surface area contributed by atoms with Crippen molar-refractivity contribution < 1.29 is 9.21 Å². The summed E-state index contributed by atoms with van der Waals surface area (Å²) in [5.74, 6) is 0.120. The van der Waals surface area contributed by atoms with Crippen LogP contribution in [0.5, 0.6) is 0 Å². The topological polar surface area (TPSA) is 55.5 Å². The third kappa shape index (κ3) is 3.43. The molecule has 1 aromatic heterocycles. The van der Waals surface area contributed by atoms with E-state index >= 15 is 0 Å². The van der Waals surface area contributed by atoms with E-state index in [0.717, 1.165) is 32.4 Å². The Hall–Kier alpha value is -2.82. The fourth-order valence-corrected chi connectivity index (χ4v) is 3.73. The number of para-hydroxylation sites is 2. The van der Waals surface area contributed by atoms with Gasteiger partial charge in [0.15, 0.2) is 5.58 Å². The van der Waals surface area contributed by atoms with Crippen LogP contribution in [0.3, 0.4) is 0 Å². The molecule has 1 fully saturated rings. The predicted octanol–water partition coefficient (Wildman–Crippen LogP) is 3.08. The first-order valence-electron chi connectivity index (χ1n) is 9.11. The van der Waals surface area contributed by atoms with E-state index in [1.54, 1.807) is 12.1 Å². The standard InChI is InChI=1S/C21H22N2O3/c24-20(15-23-18-8-4-5-9-19(18)26-21(23)25)22-12-10-17(11-13-22)14-16-6-2-1-3-7-16/h1-9,17H,10-15H2. The molecule has 5 heteroatoms. The highest BCUT2D eigenvalue weighted by Crippen LogP contribution is 2.22. The number of amides is 1. The van der Waals surface area contributed by atoms with Gasteiger partial charge in [-0.2, -0.15) is 0 Å². The molecule has 1 saturated heterocycles. The van der Waals surface area contributed by atoms with Gasteiger partial charge in [-0.25, -0.2) is 4.79 Å². The summed E-state index contributed by atoms with van der Waals surface area (Å²) in [6.45, 7) is 1.54. The second kappa shape index (κ2) is 7.20. The number of hydrogen-bond acceptors (Lipinski definition) is 3. The summed E-state index contributed by atoms with van der Waals surface area (Å²) in [6.07, 6.45) is 3.07. The van der Waals surface area contributed by atoms with Crippen LogP contribution in [0.25, 0.3) is 11.1 Å². The minimum absolute atomic E-state index is 0.0168. The number of hydrogen-bond donors (Lipinski definition) is 0. The third-order valence-electron chi connectivity index (χ3n) is 5.20. The predicted molar refractivity (Wildman–Crippen MR) is 99.9 cm³/mol. The van der Waals surface area contributed by atoms with Crippen molar-refractivity contribution in [3.8, 4) is 0 Å². The number of rotatable bonds is 4. The lowest BCUT2D eigenvalue weighted by Crippen LogP contribution is -2.41. The average Bonchev–Trinajstić information content (AvgIpc) is 2.98. The number of carbonyl (C=O) groups excluding carboxylic acids is 1. The van der Waals surface area contributed by atoms with Crippen LogP contribution in [0.15, 0.2) is 63.8 Å². The fraction of sp³-hybridized carbons (Fsp3) is 0.333. The first-order valence-corrected chi connectivity index (χ1v) is 9.11. The van der Waals surface area contributed by atoms with E-state index in [1.807, 2.05) is 23.1 Å². The zero-order valence-electron chi connectivity index (χ0n) is 14.6. The Morgan fingerprint density at radius 2 is 1.69 bits per heavy atom. The number of nitrogens with zero attached hydrogens (tertiary/aromatic N) is 2. The Balaban J connectivity index is 1.38. The van der Waals surface area contributed by atoms with E-state index in [2.05, 4.69) is 24.3 Å². The molecule has 134 valence electrons. The number of aromatic nitrogens is 1. The van der Waals surface area contributed by atoms with Crippen LogP contribution in [-0.4, -0.2) is 28.5 Å². The van der Waals surface area contributed by atoms with E-state index in [4.69, 9.17) is 4.42 Å². The molecule has 0 spiro atoms. The molecular formula is C21H22N2O3. The molecule has 2 heterocycles. The van der Waals surface area contributed by atoms with Crippen LogP contribution < -0.4 is 5.76 Å². The highest BCUT2D eigenvalue weighted by molar-refractivity contribution is 5.79. The van der Waals surface area contributed by atoms with Gasteiger partial charge in [0, 0.05) is 13.1 Å². The maximum absolute atomic E-state index is 12.7. The van der Waals surface area contributed by atoms with Gasteiger partial charge in [0.05, 0.1) is 5.52 Å². The van der Waals surface area contributed by atoms with Crippen molar-refractivity contribution in [2.45, 2.75) is 25.8 Å². The van der Waals surface area contributed by atoms with Crippen molar-refractivity contribution in [2.24, 2.45) is 5.92 Å². The first-order chi connectivity index (χ1) is 12.7. The summed E-state index contributed by atoms with van der Waals surface area (Å²) in [5.41, 5.74) is 2.55. The average molecular weight is 350 g/mol. The minimum Gasteiger partial charge on any atom is -0.408 e. The van der Waals surface area contributed by atoms with Crippen LogP contribution in [0, 0.1) is 5.92 Å². The van der Waals surface area contributed by atoms with Crippen LogP contribution >= 0.6 is 0 Å². The highest BCUT2D eigenvalue weighted by atomic mass is 16.4. The van der Waals surface area contributed by atoms with Crippen LogP contribution in [0.2, 0.25) is 0 Å². The second-order valence-corrected chi connectivity index (χ2v) is 6.94. The van der Waals surface area contributed by atoms with Gasteiger partial charge < -0.3 is 9.32 Å². The molecule has 0 radical (unpaired) electrons. The molecule has 2 aromatic carbocycles. The van der Waals surface area contributed by atoms with Crippen LogP contribution in [0.1, 0.15) is 18.4 Å². The van der Waals surface area contributed by atoms with Gasteiger partial charge in [-0.05, 0) is 42.9 Å². The Labute approximate surface area is 151 Å². The van der Waals surface area contributed by atoms with Crippen molar-refractivity contribution in [2.75, 3.05) is 13.1 Å². The van der Waals surface area contributed by atoms with Crippen molar-refractivity contribution in [1.82, 2.24) is 9.47 Å². The molecule has 0 unspecified atom stereocenters. The lowest BCUT2D eigenvalue weighted by molar-refractivity contribution is -0.133. The van der Waals surface area contributed by atoms with Crippen molar-refractivity contribution in [3.05, 3.63) is 70.7 Å². The molecule has 26 heavy (non-hydrogen) atoms. The molecule has 0 N–H and O–H groups in total. The monoisotopic (exact) mass is 350 g/mol. The highest BCUT2D eigenvalue weighted by Gasteiger charge is 2.24. The summed E-state index contributed by atoms with van der Waals surface area (Å²) >= 11 is 0. The molecule has 3 aromatic rings. The number of likely N-dealkylation sites (tertiary alicyclic amines) is 1. The maximum Gasteiger partial charge on any atom is 0.420 e. The van der Waals surface area contributed by atoms with Crippen molar-refractivity contribution in [3.63, 3.8) is 0 Å². The molecule has 0 bridgehead atoms. The van der Waals surface area contributed by atoms with Gasteiger partial charge in [0.2, 0.25) is 5.91 Å². The Kier molecular flexibility index (Phi) is 4.61. The molecule has 0 aliphatic carbocycles. The minimum atomic E-state index is -0.474. The summed E-state index contributed by atoms with van der Waals surface area (Å²) < 4.78 is 6.63. The third-order valence-corrected chi connectivity index (χ3v) is 5.20. The summed E-state index contributed by atoms with van der Waals surface area (Å²) in [6, 6.07) is 17.7. The van der Waals surface area contributed by atoms with Crippen LogP contribution in [-0.2, 0) is 17.8 Å². The number of fused-ring (bicyclic) bond motifs is 1. The van der Waals surface area contributed by atoms with Gasteiger partial charge in [-0.15, -0.1) is 0 Å². The molecule has 1 aliphatic heterocycles. The molecule has 1 aliphatic rings. The molecular weight excluding hydrogens is 328 g/mol. The smallest absolute Gasteiger partial charge is 0.408 e. The van der Waals surface area contributed by atoms with Gasteiger partial charge in [0.25, 0.3) is 0 Å². The van der Waals surface area contributed by atoms with Gasteiger partial charge in [0.1, 0.15) is 6.54 Å². The van der Waals surface area contributed by atoms with E-state index in [-0.39, 0.29) is 12.5 Å². The molecule has 0 atom stereocenters. The molecule has 5 nitrogen and oxygen atoms in total. The normalized spacial score (nSPS) is 15.5. The molecule has 1 amide bonds. The van der Waals surface area contributed by atoms with E-state index < -0.39 is 5.76 Å². The van der Waals surface area contributed by atoms with Crippen molar-refractivity contribution in [1.29, 1.82) is 0 Å². The van der Waals surface area contributed by atoms with E-state index in [0.29, 0.717) is 17.0 Å². The number of benzene rings is 2. The number of piperidine rings is 1. The van der Waals surface area contributed by atoms with Gasteiger partial charge in [-0.1, -0.05) is 42.5 Å². The van der Waals surface area contributed by atoms with Crippen molar-refractivity contribution >= 4 is 17.0 Å². The number of carbonyl (C=O) groups is 1. The lowest BCUT2D eigenvalue weighted by atomic mass is 9.90. The second-order valence-electron chi connectivity index (χ2n) is 6.94. The molecule has 0 saturated carbocycles. The number of oxazole rings is 1. The summed E-state index contributed by atoms with van der Waals surface area (Å²) in [5, 5.41) is 0. The summed E-state index contributed by atoms with van der Waals surface area (Å²) in [7, 11) is 0. The Morgan fingerprint density at radius 1 is 1.00 bits per heavy atom. The Morgan fingerprint density at radius 3 is 2.46 bits per heavy atom. The van der Waals surface area contributed by atoms with Gasteiger partial charge in [-0.3, -0.25) is 9.36 Å².